The zero-order valence-corrected chi connectivity index (χ0v) is 13.9. The lowest BCUT2D eigenvalue weighted by Crippen LogP contribution is -2.12. The number of rotatable bonds is 6. The Morgan fingerprint density at radius 1 is 1.17 bits per heavy atom. The summed E-state index contributed by atoms with van der Waals surface area (Å²) in [5, 5.41) is 3.47. The molecule has 1 fully saturated rings. The molecule has 1 aromatic carbocycles. The van der Waals surface area contributed by atoms with E-state index >= 15 is 0 Å². The molecule has 122 valence electrons. The van der Waals surface area contributed by atoms with Crippen molar-refractivity contribution in [3.63, 3.8) is 0 Å². The summed E-state index contributed by atoms with van der Waals surface area (Å²) in [5.41, 5.74) is 10.2. The van der Waals surface area contributed by atoms with Crippen LogP contribution in [0.1, 0.15) is 49.3 Å². The first-order valence-electron chi connectivity index (χ1n) is 8.66. The summed E-state index contributed by atoms with van der Waals surface area (Å²) in [5.74, 6) is 1.39. The minimum atomic E-state index is 0.558. The minimum absolute atomic E-state index is 0.558. The van der Waals surface area contributed by atoms with Crippen LogP contribution in [0.5, 0.6) is 0 Å². The average Bonchev–Trinajstić information content (AvgIpc) is 3.10. The fourth-order valence-corrected chi connectivity index (χ4v) is 3.21. The maximum absolute atomic E-state index is 5.59. The van der Waals surface area contributed by atoms with E-state index in [9.17, 15) is 0 Å². The molecule has 0 aliphatic heterocycles. The molecule has 0 spiro atoms. The van der Waals surface area contributed by atoms with Crippen LogP contribution in [0, 0.1) is 6.92 Å². The van der Waals surface area contributed by atoms with Crippen LogP contribution in [0.4, 0.5) is 5.69 Å². The molecule has 4 heteroatoms. The summed E-state index contributed by atoms with van der Waals surface area (Å²) >= 11 is 0. The number of nitrogens with two attached hydrogens (primary N) is 1. The Bertz CT molecular complexity index is 630. The topological polar surface area (TPSA) is 63.8 Å². The number of aryl methyl sites for hydroxylation is 1. The predicted octanol–water partition coefficient (Wildman–Crippen LogP) is 3.87. The van der Waals surface area contributed by atoms with Crippen LogP contribution in [0.25, 0.3) is 11.4 Å². The molecule has 0 atom stereocenters. The SMILES string of the molecule is Cc1ccc(-c2ncc(NCCCN)c(C3CCCC3)n2)cc1. The van der Waals surface area contributed by atoms with E-state index in [1.54, 1.807) is 0 Å². The summed E-state index contributed by atoms with van der Waals surface area (Å²) < 4.78 is 0. The minimum Gasteiger partial charge on any atom is -0.382 e. The molecule has 0 bridgehead atoms. The Labute approximate surface area is 138 Å². The van der Waals surface area contributed by atoms with E-state index in [1.165, 1.54) is 36.9 Å². The molecule has 0 saturated heterocycles. The van der Waals surface area contributed by atoms with Gasteiger partial charge in [-0.1, -0.05) is 42.7 Å². The molecule has 1 aliphatic rings. The van der Waals surface area contributed by atoms with Gasteiger partial charge in [-0.2, -0.15) is 0 Å². The van der Waals surface area contributed by atoms with Crippen molar-refractivity contribution in [2.24, 2.45) is 5.73 Å². The lowest BCUT2D eigenvalue weighted by atomic mass is 10.0. The van der Waals surface area contributed by atoms with Gasteiger partial charge in [0, 0.05) is 18.0 Å². The van der Waals surface area contributed by atoms with E-state index in [4.69, 9.17) is 10.7 Å². The molecule has 4 nitrogen and oxygen atoms in total. The largest absolute Gasteiger partial charge is 0.382 e. The summed E-state index contributed by atoms with van der Waals surface area (Å²) in [6.07, 6.45) is 7.98. The van der Waals surface area contributed by atoms with E-state index in [1.807, 2.05) is 6.20 Å². The first-order valence-corrected chi connectivity index (χ1v) is 8.66. The fraction of sp³-hybridized carbons (Fsp3) is 0.474. The predicted molar refractivity (Wildman–Crippen MR) is 95.6 cm³/mol. The van der Waals surface area contributed by atoms with Gasteiger partial charge in [0.15, 0.2) is 5.82 Å². The lowest BCUT2D eigenvalue weighted by Gasteiger charge is -2.16. The maximum Gasteiger partial charge on any atom is 0.159 e. The monoisotopic (exact) mass is 310 g/mol. The molecule has 2 aromatic rings. The number of nitrogens with one attached hydrogen (secondary N) is 1. The second-order valence-electron chi connectivity index (χ2n) is 6.41. The van der Waals surface area contributed by atoms with Gasteiger partial charge in [0.2, 0.25) is 0 Å². The van der Waals surface area contributed by atoms with Gasteiger partial charge in [0.25, 0.3) is 0 Å². The van der Waals surface area contributed by atoms with Gasteiger partial charge in [-0.15, -0.1) is 0 Å². The van der Waals surface area contributed by atoms with Crippen LogP contribution in [0.15, 0.2) is 30.5 Å². The van der Waals surface area contributed by atoms with Crippen molar-refractivity contribution in [2.45, 2.75) is 44.9 Å². The molecular formula is C19H26N4. The van der Waals surface area contributed by atoms with Crippen LogP contribution in [0.2, 0.25) is 0 Å². The standard InChI is InChI=1S/C19H26N4/c1-14-7-9-16(10-8-14)19-22-13-17(21-12-4-11-20)18(23-19)15-5-2-3-6-15/h7-10,13,15,21H,2-6,11-12,20H2,1H3. The molecule has 0 amide bonds. The second-order valence-corrected chi connectivity index (χ2v) is 6.41. The van der Waals surface area contributed by atoms with Gasteiger partial charge >= 0.3 is 0 Å². The van der Waals surface area contributed by atoms with Crippen molar-refractivity contribution >= 4 is 5.69 Å². The van der Waals surface area contributed by atoms with Gasteiger partial charge < -0.3 is 11.1 Å². The Morgan fingerprint density at radius 3 is 2.61 bits per heavy atom. The molecule has 3 rings (SSSR count). The third-order valence-electron chi connectivity index (χ3n) is 4.57. The Hall–Kier alpha value is -1.94. The first-order chi connectivity index (χ1) is 11.3. The zero-order chi connectivity index (χ0) is 16.1. The number of benzene rings is 1. The van der Waals surface area contributed by atoms with Gasteiger partial charge in [0.1, 0.15) is 0 Å². The first kappa shape index (κ1) is 15.9. The fourth-order valence-electron chi connectivity index (χ4n) is 3.21. The molecule has 1 aliphatic carbocycles. The van der Waals surface area contributed by atoms with Crippen molar-refractivity contribution in [3.05, 3.63) is 41.7 Å². The van der Waals surface area contributed by atoms with Crippen molar-refractivity contribution in [1.82, 2.24) is 9.97 Å². The second kappa shape index (κ2) is 7.55. The van der Waals surface area contributed by atoms with Gasteiger partial charge in [-0.05, 0) is 32.7 Å². The van der Waals surface area contributed by atoms with Crippen molar-refractivity contribution in [2.75, 3.05) is 18.4 Å². The summed E-state index contributed by atoms with van der Waals surface area (Å²) in [4.78, 5) is 9.51. The number of anilines is 1. The highest BCUT2D eigenvalue weighted by molar-refractivity contribution is 5.59. The van der Waals surface area contributed by atoms with E-state index in [0.717, 1.165) is 30.0 Å². The van der Waals surface area contributed by atoms with E-state index < -0.39 is 0 Å². The van der Waals surface area contributed by atoms with E-state index in [-0.39, 0.29) is 0 Å². The highest BCUT2D eigenvalue weighted by atomic mass is 15.0. The highest BCUT2D eigenvalue weighted by Gasteiger charge is 2.22. The van der Waals surface area contributed by atoms with Crippen molar-refractivity contribution in [1.29, 1.82) is 0 Å². The third-order valence-corrected chi connectivity index (χ3v) is 4.57. The average molecular weight is 310 g/mol. The molecule has 23 heavy (non-hydrogen) atoms. The van der Waals surface area contributed by atoms with Crippen molar-refractivity contribution in [3.8, 4) is 11.4 Å². The molecule has 3 N–H and O–H groups in total. The summed E-state index contributed by atoms with van der Waals surface area (Å²) in [6.45, 7) is 3.68. The molecule has 1 heterocycles. The number of nitrogens with zero attached hydrogens (tertiary/aromatic N) is 2. The van der Waals surface area contributed by atoms with E-state index in [2.05, 4.69) is 41.5 Å². The number of hydrogen-bond donors (Lipinski definition) is 2. The Morgan fingerprint density at radius 2 is 1.91 bits per heavy atom. The van der Waals surface area contributed by atoms with Gasteiger partial charge in [-0.3, -0.25) is 0 Å². The van der Waals surface area contributed by atoms with Crippen LogP contribution in [-0.4, -0.2) is 23.1 Å². The maximum atomic E-state index is 5.59. The lowest BCUT2D eigenvalue weighted by molar-refractivity contribution is 0.695. The van der Waals surface area contributed by atoms with Crippen LogP contribution in [-0.2, 0) is 0 Å². The van der Waals surface area contributed by atoms with Crippen LogP contribution < -0.4 is 11.1 Å². The van der Waals surface area contributed by atoms with Crippen molar-refractivity contribution < 1.29 is 0 Å². The Balaban J connectivity index is 1.90. The summed E-state index contributed by atoms with van der Waals surface area (Å²) in [6, 6.07) is 8.43. The van der Waals surface area contributed by atoms with E-state index in [0.29, 0.717) is 12.5 Å². The third kappa shape index (κ3) is 3.88. The normalized spacial score (nSPS) is 15.0. The molecule has 1 saturated carbocycles. The molecule has 1 aromatic heterocycles. The molecule has 0 unspecified atom stereocenters. The van der Waals surface area contributed by atoms with Gasteiger partial charge in [-0.25, -0.2) is 9.97 Å². The quantitative estimate of drug-likeness (QED) is 0.795. The smallest absolute Gasteiger partial charge is 0.159 e. The summed E-state index contributed by atoms with van der Waals surface area (Å²) in [7, 11) is 0. The molecular weight excluding hydrogens is 284 g/mol. The van der Waals surface area contributed by atoms with Crippen LogP contribution >= 0.6 is 0 Å². The molecule has 0 radical (unpaired) electrons. The number of hydrogen-bond acceptors (Lipinski definition) is 4. The Kier molecular flexibility index (Phi) is 5.23. The van der Waals surface area contributed by atoms with Crippen LogP contribution in [0.3, 0.4) is 0 Å². The van der Waals surface area contributed by atoms with Gasteiger partial charge in [0.05, 0.1) is 17.6 Å². The zero-order valence-electron chi connectivity index (χ0n) is 13.9. The number of aromatic nitrogens is 2. The highest BCUT2D eigenvalue weighted by Crippen LogP contribution is 2.37.